The summed E-state index contributed by atoms with van der Waals surface area (Å²) in [5.41, 5.74) is 12.6. The van der Waals surface area contributed by atoms with Crippen molar-refractivity contribution in [2.45, 2.75) is 51.7 Å². The smallest absolute Gasteiger partial charge is 1.00 e. The van der Waals surface area contributed by atoms with E-state index in [-0.39, 0.29) is 35.7 Å². The summed E-state index contributed by atoms with van der Waals surface area (Å²) in [4.78, 5) is 0. The average Bonchev–Trinajstić information content (AvgIpc) is 3.62. The summed E-state index contributed by atoms with van der Waals surface area (Å²) >= 11 is -2.64. The Morgan fingerprint density at radius 3 is 2.06 bits per heavy atom. The largest absolute Gasteiger partial charge is 1.00 e. The second kappa shape index (κ2) is 10.3. The van der Waals surface area contributed by atoms with Gasteiger partial charge in [-0.3, -0.25) is 0 Å². The molecule has 4 aliphatic rings. The Hall–Kier alpha value is -0.963. The molecule has 2 aliphatic heterocycles. The summed E-state index contributed by atoms with van der Waals surface area (Å²) in [6.45, 7) is 4.96. The van der Waals surface area contributed by atoms with Crippen molar-refractivity contribution in [3.05, 3.63) is 106 Å². The van der Waals surface area contributed by atoms with Gasteiger partial charge in [0.05, 0.1) is 0 Å². The van der Waals surface area contributed by atoms with Crippen LogP contribution in [0.3, 0.4) is 0 Å². The van der Waals surface area contributed by atoms with E-state index < -0.39 is 17.5 Å². The number of hydrogen-bond acceptors (Lipinski definition) is 0. The summed E-state index contributed by atoms with van der Waals surface area (Å²) < 4.78 is 1.69. The van der Waals surface area contributed by atoms with Gasteiger partial charge in [-0.15, -0.1) is 0 Å². The summed E-state index contributed by atoms with van der Waals surface area (Å²) in [6.07, 6.45) is 6.52. The van der Waals surface area contributed by atoms with Gasteiger partial charge >= 0.3 is 210 Å². The Labute approximate surface area is 232 Å². The van der Waals surface area contributed by atoms with Crippen molar-refractivity contribution in [2.24, 2.45) is 0 Å². The minimum Gasteiger partial charge on any atom is -1.00 e. The zero-order valence-electron chi connectivity index (χ0n) is 21.0. The van der Waals surface area contributed by atoms with Gasteiger partial charge in [0.25, 0.3) is 0 Å². The molecule has 0 aromatic heterocycles. The molecule has 7 rings (SSSR count). The van der Waals surface area contributed by atoms with Crippen molar-refractivity contribution >= 4 is 23.0 Å². The molecule has 0 fully saturated rings. The van der Waals surface area contributed by atoms with E-state index in [1.54, 1.807) is 52.0 Å². The third-order valence-corrected chi connectivity index (χ3v) is 68.1. The van der Waals surface area contributed by atoms with Crippen molar-refractivity contribution in [2.75, 3.05) is 0 Å². The molecule has 0 saturated heterocycles. The van der Waals surface area contributed by atoms with Crippen molar-refractivity contribution in [1.82, 2.24) is 0 Å². The maximum atomic E-state index is 2.64. The molecule has 0 nitrogen and oxygen atoms in total. The van der Waals surface area contributed by atoms with Gasteiger partial charge in [0, 0.05) is 0 Å². The third kappa shape index (κ3) is 3.68. The summed E-state index contributed by atoms with van der Waals surface area (Å²) in [5.74, 6) is 0. The van der Waals surface area contributed by atoms with E-state index in [0.29, 0.717) is 0 Å². The zero-order chi connectivity index (χ0) is 22.9. The molecule has 2 heterocycles. The van der Waals surface area contributed by atoms with Gasteiger partial charge in [-0.25, -0.2) is 0 Å². The van der Waals surface area contributed by atoms with Crippen LogP contribution < -0.4 is 24.8 Å². The van der Waals surface area contributed by atoms with Gasteiger partial charge in [0.1, 0.15) is 0 Å². The minimum absolute atomic E-state index is 0. The van der Waals surface area contributed by atoms with Crippen molar-refractivity contribution in [3.8, 4) is 11.1 Å². The summed E-state index contributed by atoms with van der Waals surface area (Å²) in [7, 11) is 0. The van der Waals surface area contributed by atoms with Gasteiger partial charge in [-0.2, -0.15) is 0 Å². The number of hydrogen-bond donors (Lipinski definition) is 0. The first-order chi connectivity index (χ1) is 16.7. The Kier molecular flexibility index (Phi) is 7.63. The molecule has 5 heteroatoms. The summed E-state index contributed by atoms with van der Waals surface area (Å²) in [5, 5.41) is 0. The van der Waals surface area contributed by atoms with Crippen LogP contribution in [0, 0.1) is 0 Å². The van der Waals surface area contributed by atoms with Gasteiger partial charge in [-0.1, -0.05) is 0 Å². The SMILES string of the molecule is CCC1=Cc2ccccc2[CH]1[Zr+2]1([CH]2C(C)=Cc3c(-c4ccccc4)cccc32)=[Si]2CC[Si]=1CC2.[Cl-].[Cl-]. The predicted octanol–water partition coefficient (Wildman–Crippen LogP) is 2.53. The van der Waals surface area contributed by atoms with E-state index >= 15 is 0 Å². The van der Waals surface area contributed by atoms with E-state index in [9.17, 15) is 0 Å². The number of fused-ring (bicyclic) bond motifs is 2. The van der Waals surface area contributed by atoms with Crippen LogP contribution in [-0.2, 0) is 17.5 Å². The molecule has 2 unspecified atom stereocenters. The molecule has 36 heavy (non-hydrogen) atoms. The van der Waals surface area contributed by atoms with Crippen LogP contribution in [0.1, 0.15) is 49.8 Å². The number of benzene rings is 3. The number of allylic oxidation sites excluding steroid dienone is 2. The fraction of sp³-hybridized carbons (Fsp3) is 0.290. The van der Waals surface area contributed by atoms with Gasteiger partial charge in [0.15, 0.2) is 0 Å². The normalized spacial score (nSPS) is 20.6. The Morgan fingerprint density at radius 2 is 1.36 bits per heavy atom. The second-order valence-electron chi connectivity index (χ2n) is 10.7. The van der Waals surface area contributed by atoms with Gasteiger partial charge < -0.3 is 24.8 Å². The van der Waals surface area contributed by atoms with E-state index in [2.05, 4.69) is 98.8 Å². The van der Waals surface area contributed by atoms with Crippen LogP contribution in [-0.4, -0.2) is 10.9 Å². The Morgan fingerprint density at radius 1 is 0.722 bits per heavy atom. The topological polar surface area (TPSA) is 0 Å². The van der Waals surface area contributed by atoms with Crippen molar-refractivity contribution in [3.63, 3.8) is 0 Å². The molecule has 2 bridgehead atoms. The maximum Gasteiger partial charge on any atom is -1.00 e. The molecule has 2 aliphatic carbocycles. The molecular formula is C31H32Cl2Si2Zr. The zero-order valence-corrected chi connectivity index (χ0v) is 27.0. The molecular weight excluding hydrogens is 591 g/mol. The molecule has 0 radical (unpaired) electrons. The first-order valence-corrected chi connectivity index (χ1v) is 27.1. The monoisotopic (exact) mass is 620 g/mol. The first kappa shape index (κ1) is 26.6. The molecule has 182 valence electrons. The van der Waals surface area contributed by atoms with E-state index in [1.165, 1.54) is 17.5 Å². The van der Waals surface area contributed by atoms with Crippen molar-refractivity contribution < 1.29 is 42.3 Å². The maximum absolute atomic E-state index is 2.64. The number of halogens is 2. The van der Waals surface area contributed by atoms with E-state index in [1.807, 2.05) is 5.57 Å². The molecule has 3 aromatic carbocycles. The Bertz CT molecular complexity index is 1510. The average molecular weight is 623 g/mol. The third-order valence-electron chi connectivity index (χ3n) is 9.33. The molecule has 2 atom stereocenters. The molecule has 3 aromatic rings. The molecule has 0 amide bonds. The minimum atomic E-state index is -2.64. The van der Waals surface area contributed by atoms with E-state index in [0.717, 1.165) is 7.25 Å². The van der Waals surface area contributed by atoms with Crippen LogP contribution in [0.25, 0.3) is 23.3 Å². The molecule has 0 saturated carbocycles. The summed E-state index contributed by atoms with van der Waals surface area (Å²) in [6, 6.07) is 34.6. The van der Waals surface area contributed by atoms with E-state index in [4.69, 9.17) is 0 Å². The molecule has 0 spiro atoms. The van der Waals surface area contributed by atoms with Crippen LogP contribution in [0.15, 0.2) is 83.9 Å². The van der Waals surface area contributed by atoms with Crippen LogP contribution >= 0.6 is 0 Å². The van der Waals surface area contributed by atoms with Crippen LogP contribution in [0.5, 0.6) is 0 Å². The predicted molar refractivity (Wildman–Crippen MR) is 146 cm³/mol. The van der Waals surface area contributed by atoms with Crippen LogP contribution in [0.2, 0.25) is 24.2 Å². The number of rotatable bonds is 4. The first-order valence-electron chi connectivity index (χ1n) is 13.1. The van der Waals surface area contributed by atoms with Crippen molar-refractivity contribution in [1.29, 1.82) is 0 Å². The van der Waals surface area contributed by atoms with Crippen LogP contribution in [0.4, 0.5) is 0 Å². The van der Waals surface area contributed by atoms with Gasteiger partial charge in [0.2, 0.25) is 0 Å². The fourth-order valence-corrected chi connectivity index (χ4v) is 91.2. The fourth-order valence-electron chi connectivity index (χ4n) is 8.17. The standard InChI is InChI=1S/C16H13.C11H11.C4H8Si2.2ClH.Zr/c1-12-10-14-8-5-9-15(16(14)11-12)13-6-3-2-4-7-13;1-2-9-7-10-5-3-4-6-11(10)8-9;1-2-6-4-3-5-1;;;/h2-11H,1H3;3-8H,2H2,1H3;1-4H2;2*1H;/q;;;;;+2/p-2. The molecule has 0 N–H and O–H groups in total. The quantitative estimate of drug-likeness (QED) is 0.393. The van der Waals surface area contributed by atoms with Gasteiger partial charge in [-0.05, 0) is 0 Å². The second-order valence-corrected chi connectivity index (χ2v) is 45.4. The Balaban J connectivity index is 0.00000133.